The third-order valence-corrected chi connectivity index (χ3v) is 10.0. The Morgan fingerprint density at radius 3 is 1.11 bits per heavy atom. The number of hydrogen-bond acceptors (Lipinski definition) is 2. The molecule has 5 aromatic rings. The molecule has 2 aliphatic heterocycles. The molecule has 2 nitrogen and oxygen atoms in total. The lowest BCUT2D eigenvalue weighted by molar-refractivity contribution is 0.866. The predicted molar refractivity (Wildman–Crippen MR) is 197 cm³/mol. The Morgan fingerprint density at radius 1 is 0.400 bits per heavy atom. The van der Waals surface area contributed by atoms with Gasteiger partial charge in [-0.1, -0.05) is 110 Å². The Balaban J connectivity index is 1.53. The molecule has 45 heavy (non-hydrogen) atoms. The Morgan fingerprint density at radius 2 is 0.756 bits per heavy atom. The van der Waals surface area contributed by atoms with Crippen molar-refractivity contribution in [1.29, 1.82) is 0 Å². The molecule has 0 saturated carbocycles. The van der Waals surface area contributed by atoms with Gasteiger partial charge < -0.3 is 9.80 Å². The lowest BCUT2D eigenvalue weighted by atomic mass is 9.33. The molecule has 0 unspecified atom stereocenters. The third-order valence-electron chi connectivity index (χ3n) is 10.0. The van der Waals surface area contributed by atoms with Gasteiger partial charge in [0.15, 0.2) is 0 Å². The number of fused-ring (bicyclic) bond motifs is 4. The van der Waals surface area contributed by atoms with Crippen LogP contribution in [0.25, 0.3) is 0 Å². The van der Waals surface area contributed by atoms with E-state index in [-0.39, 0.29) is 6.71 Å². The van der Waals surface area contributed by atoms with Gasteiger partial charge in [-0.2, -0.15) is 0 Å². The average molecular weight is 589 g/mol. The second-order valence-corrected chi connectivity index (χ2v) is 14.3. The zero-order valence-electron chi connectivity index (χ0n) is 28.1. The Bertz CT molecular complexity index is 1730. The van der Waals surface area contributed by atoms with Crippen molar-refractivity contribution in [3.63, 3.8) is 0 Å². The van der Waals surface area contributed by atoms with Crippen LogP contribution in [0.5, 0.6) is 0 Å². The predicted octanol–water partition coefficient (Wildman–Crippen LogP) is 10.3. The number of hydrogen-bond donors (Lipinski definition) is 0. The van der Waals surface area contributed by atoms with Crippen LogP contribution in [0, 0.1) is 0 Å². The second kappa shape index (κ2) is 11.3. The van der Waals surface area contributed by atoms with Crippen molar-refractivity contribution in [1.82, 2.24) is 0 Å². The van der Waals surface area contributed by atoms with Gasteiger partial charge in [-0.25, -0.2) is 0 Å². The maximum absolute atomic E-state index is 2.51. The molecule has 0 amide bonds. The zero-order valence-corrected chi connectivity index (χ0v) is 28.1. The minimum Gasteiger partial charge on any atom is -0.311 e. The maximum Gasteiger partial charge on any atom is 0.252 e. The summed E-state index contributed by atoms with van der Waals surface area (Å²) in [7, 11) is 0. The molecule has 0 N–H and O–H groups in total. The Labute approximate surface area is 270 Å². The van der Waals surface area contributed by atoms with E-state index in [1.165, 1.54) is 72.8 Å². The van der Waals surface area contributed by atoms with Crippen molar-refractivity contribution in [2.45, 2.75) is 79.1 Å². The Hall–Kier alpha value is -4.24. The van der Waals surface area contributed by atoms with Crippen molar-refractivity contribution >= 4 is 57.2 Å². The van der Waals surface area contributed by atoms with Crippen LogP contribution < -0.4 is 26.2 Å². The molecule has 0 fully saturated rings. The van der Waals surface area contributed by atoms with Gasteiger partial charge in [0.1, 0.15) is 0 Å². The average Bonchev–Trinajstić information content (AvgIpc) is 3.04. The van der Waals surface area contributed by atoms with Crippen molar-refractivity contribution in [2.24, 2.45) is 0 Å². The summed E-state index contributed by atoms with van der Waals surface area (Å²) in [6, 6.07) is 39.8. The largest absolute Gasteiger partial charge is 0.311 e. The summed E-state index contributed by atoms with van der Waals surface area (Å²) < 4.78 is 0. The first-order valence-corrected chi connectivity index (χ1v) is 16.8. The fourth-order valence-electron chi connectivity index (χ4n) is 7.27. The zero-order chi connectivity index (χ0) is 31.6. The molecule has 0 atom stereocenters. The van der Waals surface area contributed by atoms with Crippen molar-refractivity contribution in [2.75, 3.05) is 9.80 Å². The molecular formula is C42H45BN2. The van der Waals surface area contributed by atoms with Gasteiger partial charge in [0.2, 0.25) is 0 Å². The van der Waals surface area contributed by atoms with Gasteiger partial charge >= 0.3 is 0 Å². The summed E-state index contributed by atoms with van der Waals surface area (Å²) >= 11 is 0. The highest BCUT2D eigenvalue weighted by molar-refractivity contribution is 7.00. The number of rotatable bonds is 6. The van der Waals surface area contributed by atoms with E-state index in [1.54, 1.807) is 0 Å². The van der Waals surface area contributed by atoms with Crippen molar-refractivity contribution in [3.05, 3.63) is 125 Å². The van der Waals surface area contributed by atoms with Crippen LogP contribution in [0.1, 0.15) is 101 Å². The Kier molecular flexibility index (Phi) is 7.39. The molecule has 0 spiro atoms. The standard InChI is InChI=1S/C42H45BN2/c1-26(2)30-12-18-34(19-13-30)44-38-22-16-32(28(5)6)24-36(38)43-37-25-33(29(7)8)17-23-39(37)45(41-11-9-10-40(44)42(41)43)35-20-14-31(15-21-35)27(3)4/h9-29H,1-8H3. The molecule has 3 heteroatoms. The smallest absolute Gasteiger partial charge is 0.252 e. The van der Waals surface area contributed by atoms with Crippen molar-refractivity contribution in [3.8, 4) is 0 Å². The van der Waals surface area contributed by atoms with Crippen LogP contribution in [0.2, 0.25) is 0 Å². The van der Waals surface area contributed by atoms with Crippen LogP contribution in [-0.2, 0) is 0 Å². The first kappa shape index (κ1) is 29.5. The minimum absolute atomic E-state index is 0.149. The molecule has 5 aromatic carbocycles. The fraction of sp³-hybridized carbons (Fsp3) is 0.286. The third kappa shape index (κ3) is 4.88. The van der Waals surface area contributed by atoms with Crippen LogP contribution >= 0.6 is 0 Å². The van der Waals surface area contributed by atoms with E-state index in [0.717, 1.165) is 0 Å². The van der Waals surface area contributed by atoms with Crippen LogP contribution in [-0.4, -0.2) is 6.71 Å². The molecule has 0 aliphatic carbocycles. The minimum atomic E-state index is 0.149. The molecule has 7 rings (SSSR count). The molecule has 0 radical (unpaired) electrons. The van der Waals surface area contributed by atoms with E-state index in [4.69, 9.17) is 0 Å². The van der Waals surface area contributed by atoms with E-state index in [2.05, 4.69) is 168 Å². The number of nitrogens with zero attached hydrogens (tertiary/aromatic N) is 2. The lowest BCUT2D eigenvalue weighted by Gasteiger charge is -2.44. The highest BCUT2D eigenvalue weighted by atomic mass is 15.2. The summed E-state index contributed by atoms with van der Waals surface area (Å²) in [5.41, 5.74) is 17.2. The number of anilines is 6. The van der Waals surface area contributed by atoms with E-state index >= 15 is 0 Å². The van der Waals surface area contributed by atoms with Gasteiger partial charge in [0.05, 0.1) is 0 Å². The summed E-state index contributed by atoms with van der Waals surface area (Å²) in [5.74, 6) is 1.90. The normalized spacial score (nSPS) is 13.6. The fourth-order valence-corrected chi connectivity index (χ4v) is 7.27. The molecule has 0 aromatic heterocycles. The topological polar surface area (TPSA) is 6.48 Å². The second-order valence-electron chi connectivity index (χ2n) is 14.3. The first-order valence-electron chi connectivity index (χ1n) is 16.8. The van der Waals surface area contributed by atoms with Gasteiger partial charge in [-0.3, -0.25) is 0 Å². The summed E-state index contributed by atoms with van der Waals surface area (Å²) in [6.45, 7) is 18.4. The van der Waals surface area contributed by atoms with Crippen molar-refractivity contribution < 1.29 is 0 Å². The highest BCUT2D eigenvalue weighted by Crippen LogP contribution is 2.44. The molecule has 2 aliphatic rings. The van der Waals surface area contributed by atoms with E-state index in [0.29, 0.717) is 23.7 Å². The lowest BCUT2D eigenvalue weighted by Crippen LogP contribution is -2.61. The quantitative estimate of drug-likeness (QED) is 0.178. The van der Waals surface area contributed by atoms with Gasteiger partial charge in [0, 0.05) is 34.1 Å². The van der Waals surface area contributed by atoms with E-state index < -0.39 is 0 Å². The van der Waals surface area contributed by atoms with Crippen LogP contribution in [0.15, 0.2) is 103 Å². The number of benzene rings is 5. The molecule has 0 saturated heterocycles. The monoisotopic (exact) mass is 588 g/mol. The van der Waals surface area contributed by atoms with E-state index in [1.807, 2.05) is 0 Å². The van der Waals surface area contributed by atoms with Crippen LogP contribution in [0.4, 0.5) is 34.1 Å². The summed E-state index contributed by atoms with van der Waals surface area (Å²) in [5, 5.41) is 0. The molecular weight excluding hydrogens is 543 g/mol. The summed E-state index contributed by atoms with van der Waals surface area (Å²) in [6.07, 6.45) is 0. The molecule has 0 bridgehead atoms. The summed E-state index contributed by atoms with van der Waals surface area (Å²) in [4.78, 5) is 5.02. The van der Waals surface area contributed by atoms with Gasteiger partial charge in [-0.05, 0) is 111 Å². The van der Waals surface area contributed by atoms with Gasteiger partial charge in [-0.15, -0.1) is 0 Å². The first-order chi connectivity index (χ1) is 21.6. The SMILES string of the molecule is CC(C)c1ccc(N2c3ccc(C(C)C)cc3B3c4cc(C(C)C)ccc4N(c4ccc(C(C)C)cc4)c4cccc2c43)cc1. The van der Waals surface area contributed by atoms with Crippen LogP contribution in [0.3, 0.4) is 0 Å². The van der Waals surface area contributed by atoms with E-state index in [9.17, 15) is 0 Å². The maximum atomic E-state index is 2.51. The molecule has 226 valence electrons. The molecule has 2 heterocycles. The van der Waals surface area contributed by atoms with Gasteiger partial charge in [0.25, 0.3) is 6.71 Å². The highest BCUT2D eigenvalue weighted by Gasteiger charge is 2.43.